The summed E-state index contributed by atoms with van der Waals surface area (Å²) in [6.07, 6.45) is 6.05. The van der Waals surface area contributed by atoms with Crippen LogP contribution in [0.3, 0.4) is 0 Å². The first kappa shape index (κ1) is 12.9. The molecule has 0 amide bonds. The molecule has 0 bridgehead atoms. The number of benzene rings is 1. The summed E-state index contributed by atoms with van der Waals surface area (Å²) in [5.41, 5.74) is 5.10. The second kappa shape index (κ2) is 5.13. The van der Waals surface area contributed by atoms with E-state index in [1.165, 1.54) is 6.07 Å². The van der Waals surface area contributed by atoms with Crippen molar-refractivity contribution in [2.24, 2.45) is 4.99 Å². The summed E-state index contributed by atoms with van der Waals surface area (Å²) in [6, 6.07) is 4.85. The fourth-order valence-corrected chi connectivity index (χ4v) is 2.87. The van der Waals surface area contributed by atoms with Crippen LogP contribution < -0.4 is 0 Å². The van der Waals surface area contributed by atoms with Crippen molar-refractivity contribution in [2.75, 3.05) is 13.2 Å². The van der Waals surface area contributed by atoms with Gasteiger partial charge in [-0.3, -0.25) is 4.99 Å². The van der Waals surface area contributed by atoms with Crippen molar-refractivity contribution in [1.29, 1.82) is 0 Å². The number of aliphatic hydroxyl groups is 1. The lowest BCUT2D eigenvalue weighted by atomic mass is 10.0. The summed E-state index contributed by atoms with van der Waals surface area (Å²) in [6.45, 7) is 2.79. The zero-order valence-electron chi connectivity index (χ0n) is 11.3. The van der Waals surface area contributed by atoms with Gasteiger partial charge in [-0.15, -0.1) is 0 Å². The highest BCUT2D eigenvalue weighted by molar-refractivity contribution is 6.21. The van der Waals surface area contributed by atoms with Crippen LogP contribution >= 0.6 is 0 Å². The van der Waals surface area contributed by atoms with Crippen molar-refractivity contribution >= 4 is 17.5 Å². The van der Waals surface area contributed by atoms with E-state index in [0.717, 1.165) is 28.0 Å². The number of rotatable bonds is 2. The topological polar surface area (TPSA) is 35.6 Å². The van der Waals surface area contributed by atoms with E-state index in [1.807, 2.05) is 25.4 Å². The maximum absolute atomic E-state index is 13.5. The van der Waals surface area contributed by atoms with Crippen LogP contribution in [-0.2, 0) is 0 Å². The van der Waals surface area contributed by atoms with Crippen LogP contribution in [0.2, 0.25) is 0 Å². The van der Waals surface area contributed by atoms with E-state index in [1.54, 1.807) is 12.3 Å². The highest BCUT2D eigenvalue weighted by Crippen LogP contribution is 2.35. The number of hydrogen-bond donors (Lipinski definition) is 1. The molecule has 1 heterocycles. The Morgan fingerprint density at radius 2 is 2.20 bits per heavy atom. The molecule has 0 atom stereocenters. The Morgan fingerprint density at radius 1 is 1.35 bits per heavy atom. The second-order valence-corrected chi connectivity index (χ2v) is 4.90. The molecule has 0 radical (unpaired) electrons. The molecule has 4 heteroatoms. The van der Waals surface area contributed by atoms with E-state index >= 15 is 0 Å². The molecular weight excluding hydrogens is 255 g/mol. The van der Waals surface area contributed by atoms with Gasteiger partial charge in [-0.2, -0.15) is 4.58 Å². The Hall–Kier alpha value is -2.07. The quantitative estimate of drug-likeness (QED) is 0.823. The Labute approximate surface area is 117 Å². The molecule has 1 N–H and O–H groups in total. The predicted molar refractivity (Wildman–Crippen MR) is 77.6 cm³/mol. The number of aliphatic imine (C=N–C) groups is 1. The van der Waals surface area contributed by atoms with Crippen molar-refractivity contribution in [2.45, 2.75) is 13.3 Å². The van der Waals surface area contributed by atoms with Gasteiger partial charge in [0.05, 0.1) is 18.0 Å². The Kier molecular flexibility index (Phi) is 3.32. The third-order valence-corrected chi connectivity index (χ3v) is 3.74. The smallest absolute Gasteiger partial charge is 0.216 e. The van der Waals surface area contributed by atoms with E-state index < -0.39 is 0 Å². The average Bonchev–Trinajstić information content (AvgIpc) is 2.73. The maximum Gasteiger partial charge on any atom is 0.216 e. The summed E-state index contributed by atoms with van der Waals surface area (Å²) in [4.78, 5) is 4.07. The first-order chi connectivity index (χ1) is 9.72. The average molecular weight is 271 g/mol. The zero-order chi connectivity index (χ0) is 14.1. The van der Waals surface area contributed by atoms with Crippen molar-refractivity contribution in [3.63, 3.8) is 0 Å². The Bertz CT molecular complexity index is 684. The maximum atomic E-state index is 13.5. The van der Waals surface area contributed by atoms with Crippen LogP contribution in [0, 0.1) is 5.82 Å². The van der Waals surface area contributed by atoms with Crippen LogP contribution in [0.25, 0.3) is 5.57 Å². The van der Waals surface area contributed by atoms with E-state index in [4.69, 9.17) is 0 Å². The zero-order valence-corrected chi connectivity index (χ0v) is 11.3. The molecule has 0 unspecified atom stereocenters. The lowest BCUT2D eigenvalue weighted by Gasteiger charge is -2.04. The molecule has 1 aromatic carbocycles. The highest BCUT2D eigenvalue weighted by atomic mass is 19.1. The number of halogens is 1. The largest absolute Gasteiger partial charge is 0.396 e. The van der Waals surface area contributed by atoms with E-state index in [2.05, 4.69) is 9.57 Å². The molecule has 0 aromatic heterocycles. The second-order valence-electron chi connectivity index (χ2n) is 4.90. The summed E-state index contributed by atoms with van der Waals surface area (Å²) in [5, 5.41) is 9.25. The van der Waals surface area contributed by atoms with Gasteiger partial charge >= 0.3 is 0 Å². The lowest BCUT2D eigenvalue weighted by Crippen LogP contribution is -2.20. The van der Waals surface area contributed by atoms with Crippen molar-refractivity contribution in [3.05, 3.63) is 53.1 Å². The van der Waals surface area contributed by atoms with Crippen LogP contribution in [-0.4, -0.2) is 34.8 Å². The van der Waals surface area contributed by atoms with Gasteiger partial charge in [0.2, 0.25) is 5.71 Å². The molecule has 3 nitrogen and oxygen atoms in total. The van der Waals surface area contributed by atoms with E-state index in [-0.39, 0.29) is 12.4 Å². The van der Waals surface area contributed by atoms with Gasteiger partial charge in [0, 0.05) is 12.2 Å². The molecule has 0 saturated carbocycles. The summed E-state index contributed by atoms with van der Waals surface area (Å²) >= 11 is 0. The predicted octanol–water partition coefficient (Wildman–Crippen LogP) is 2.35. The summed E-state index contributed by atoms with van der Waals surface area (Å²) in [5.74, 6) is -0.246. The van der Waals surface area contributed by atoms with Crippen molar-refractivity contribution < 1.29 is 14.1 Å². The van der Waals surface area contributed by atoms with Gasteiger partial charge in [-0.05, 0) is 42.7 Å². The number of aliphatic hydroxyl groups excluding tert-OH is 1. The molecule has 3 rings (SSSR count). The minimum Gasteiger partial charge on any atom is -0.396 e. The fourth-order valence-electron chi connectivity index (χ4n) is 2.87. The molecule has 0 saturated heterocycles. The normalized spacial score (nSPS) is 20.8. The minimum absolute atomic E-state index is 0.0627. The first-order valence-corrected chi connectivity index (χ1v) is 6.65. The van der Waals surface area contributed by atoms with Crippen LogP contribution in [0.4, 0.5) is 4.39 Å². The molecule has 1 aromatic rings. The van der Waals surface area contributed by atoms with Crippen molar-refractivity contribution in [3.8, 4) is 0 Å². The van der Waals surface area contributed by atoms with Gasteiger partial charge < -0.3 is 5.11 Å². The molecule has 0 spiro atoms. The summed E-state index contributed by atoms with van der Waals surface area (Å²) in [7, 11) is 0. The van der Waals surface area contributed by atoms with Gasteiger partial charge in [-0.1, -0.05) is 0 Å². The highest BCUT2D eigenvalue weighted by Gasteiger charge is 2.31. The molecule has 1 aliphatic heterocycles. The molecule has 1 aliphatic carbocycles. The van der Waals surface area contributed by atoms with Crippen LogP contribution in [0.15, 0.2) is 41.2 Å². The molecular formula is C16H16FN2O+. The monoisotopic (exact) mass is 271 g/mol. The van der Waals surface area contributed by atoms with Gasteiger partial charge in [0.15, 0.2) is 12.7 Å². The van der Waals surface area contributed by atoms with Crippen molar-refractivity contribution in [1.82, 2.24) is 0 Å². The SMILES string of the molecule is CC1=C(CCO)c2cc(F)ccc2C1=[N+]1C=CN=CC1. The lowest BCUT2D eigenvalue weighted by molar-refractivity contribution is -0.439. The Morgan fingerprint density at radius 3 is 2.90 bits per heavy atom. The van der Waals surface area contributed by atoms with Gasteiger partial charge in [-0.25, -0.2) is 4.39 Å². The number of nitrogens with zero attached hydrogens (tertiary/aromatic N) is 2. The van der Waals surface area contributed by atoms with E-state index in [9.17, 15) is 9.50 Å². The first-order valence-electron chi connectivity index (χ1n) is 6.65. The molecule has 102 valence electrons. The van der Waals surface area contributed by atoms with E-state index in [0.29, 0.717) is 13.0 Å². The summed E-state index contributed by atoms with van der Waals surface area (Å²) < 4.78 is 15.6. The molecule has 20 heavy (non-hydrogen) atoms. The third-order valence-electron chi connectivity index (χ3n) is 3.74. The third kappa shape index (κ3) is 2.02. The number of allylic oxidation sites excluding steroid dienone is 1. The van der Waals surface area contributed by atoms with Crippen LogP contribution in [0.5, 0.6) is 0 Å². The Balaban J connectivity index is 2.22. The number of fused-ring (bicyclic) bond motifs is 1. The van der Waals surface area contributed by atoms with Crippen LogP contribution in [0.1, 0.15) is 24.5 Å². The minimum atomic E-state index is -0.246. The van der Waals surface area contributed by atoms with Gasteiger partial charge in [0.25, 0.3) is 0 Å². The molecule has 0 fully saturated rings. The molecule has 2 aliphatic rings. The number of hydrogen-bond acceptors (Lipinski definition) is 2. The fraction of sp³-hybridized carbons (Fsp3) is 0.250. The van der Waals surface area contributed by atoms with Gasteiger partial charge in [0.1, 0.15) is 5.82 Å². The standard InChI is InChI=1S/C16H16FN2O/c1-11-13(4-9-20)15-10-12(17)2-3-14(15)16(11)19-7-5-18-6-8-19/h2-3,5-7,10,20H,4,8-9H2,1H3/q+1.